The van der Waals surface area contributed by atoms with Crippen molar-refractivity contribution in [2.75, 3.05) is 6.54 Å². The number of benzene rings is 1. The van der Waals surface area contributed by atoms with Crippen LogP contribution in [-0.2, 0) is 4.79 Å². The summed E-state index contributed by atoms with van der Waals surface area (Å²) in [4.78, 5) is 14.0. The van der Waals surface area contributed by atoms with Gasteiger partial charge in [0.2, 0.25) is 0 Å². The predicted octanol–water partition coefficient (Wildman–Crippen LogP) is 5.06. The van der Waals surface area contributed by atoms with Crippen LogP contribution in [0.1, 0.15) is 18.0 Å². The standard InChI is InChI=1S/C18H24ClNOSi/c1-14(13-22(2,3)4)12-20-10-9-17(21)11-18(20)15-5-7-16(19)8-6-15/h5-10,18H,1,11-13H2,2-4H3/t18-/m1/s1. The van der Waals surface area contributed by atoms with Gasteiger partial charge in [-0.25, -0.2) is 0 Å². The van der Waals surface area contributed by atoms with E-state index in [0.717, 1.165) is 23.2 Å². The molecule has 1 aromatic carbocycles. The van der Waals surface area contributed by atoms with Crippen molar-refractivity contribution in [3.63, 3.8) is 0 Å². The molecule has 0 amide bonds. The molecule has 1 aliphatic rings. The molecule has 2 rings (SSSR count). The van der Waals surface area contributed by atoms with Crippen molar-refractivity contribution in [2.24, 2.45) is 0 Å². The van der Waals surface area contributed by atoms with Gasteiger partial charge in [0.05, 0.1) is 6.04 Å². The lowest BCUT2D eigenvalue weighted by Crippen LogP contribution is -2.32. The lowest BCUT2D eigenvalue weighted by atomic mass is 9.97. The van der Waals surface area contributed by atoms with Crippen LogP contribution in [0.15, 0.2) is 48.7 Å². The van der Waals surface area contributed by atoms with Crippen molar-refractivity contribution < 1.29 is 4.79 Å². The van der Waals surface area contributed by atoms with E-state index >= 15 is 0 Å². The monoisotopic (exact) mass is 333 g/mol. The first-order valence-electron chi connectivity index (χ1n) is 7.63. The van der Waals surface area contributed by atoms with Crippen molar-refractivity contribution in [3.8, 4) is 0 Å². The lowest BCUT2D eigenvalue weighted by Gasteiger charge is -2.34. The van der Waals surface area contributed by atoms with Crippen LogP contribution < -0.4 is 0 Å². The van der Waals surface area contributed by atoms with Crippen LogP contribution in [-0.4, -0.2) is 25.3 Å². The smallest absolute Gasteiger partial charge is 0.159 e. The number of carbonyl (C=O) groups excluding carboxylic acids is 1. The molecule has 0 bridgehead atoms. The van der Waals surface area contributed by atoms with Gasteiger partial charge in [0.15, 0.2) is 5.78 Å². The van der Waals surface area contributed by atoms with Crippen molar-refractivity contribution in [3.05, 3.63) is 59.3 Å². The highest BCUT2D eigenvalue weighted by Crippen LogP contribution is 2.30. The Morgan fingerprint density at radius 1 is 1.32 bits per heavy atom. The topological polar surface area (TPSA) is 20.3 Å². The Morgan fingerprint density at radius 3 is 2.55 bits per heavy atom. The fourth-order valence-corrected chi connectivity index (χ4v) is 4.62. The van der Waals surface area contributed by atoms with Crippen LogP contribution in [0.25, 0.3) is 0 Å². The molecule has 1 atom stereocenters. The summed E-state index contributed by atoms with van der Waals surface area (Å²) in [7, 11) is -1.16. The molecule has 0 spiro atoms. The van der Waals surface area contributed by atoms with Gasteiger partial charge >= 0.3 is 0 Å². The van der Waals surface area contributed by atoms with Crippen LogP contribution in [0.3, 0.4) is 0 Å². The molecule has 0 saturated carbocycles. The number of ketones is 1. The first-order valence-corrected chi connectivity index (χ1v) is 11.7. The summed E-state index contributed by atoms with van der Waals surface area (Å²) in [5.74, 6) is 0.173. The van der Waals surface area contributed by atoms with Crippen LogP contribution in [0.4, 0.5) is 0 Å². The summed E-state index contributed by atoms with van der Waals surface area (Å²) in [5, 5.41) is 0.719. The fourth-order valence-electron chi connectivity index (χ4n) is 2.88. The third-order valence-electron chi connectivity index (χ3n) is 3.69. The minimum atomic E-state index is -1.16. The highest BCUT2D eigenvalue weighted by molar-refractivity contribution is 6.76. The molecule has 22 heavy (non-hydrogen) atoms. The molecule has 2 nitrogen and oxygen atoms in total. The Hall–Kier alpha value is -1.32. The Balaban J connectivity index is 2.16. The van der Waals surface area contributed by atoms with Crippen LogP contribution >= 0.6 is 11.6 Å². The first kappa shape index (κ1) is 17.0. The Kier molecular flexibility index (Phi) is 5.30. The molecule has 0 fully saturated rings. The zero-order chi connectivity index (χ0) is 16.3. The van der Waals surface area contributed by atoms with E-state index in [0.29, 0.717) is 6.42 Å². The van der Waals surface area contributed by atoms with Crippen molar-refractivity contribution in [1.82, 2.24) is 4.90 Å². The molecular formula is C18H24ClNOSi. The largest absolute Gasteiger partial charge is 0.366 e. The molecule has 0 N–H and O–H groups in total. The van der Waals surface area contributed by atoms with E-state index in [1.165, 1.54) is 5.57 Å². The second-order valence-corrected chi connectivity index (χ2v) is 13.1. The lowest BCUT2D eigenvalue weighted by molar-refractivity contribution is -0.116. The van der Waals surface area contributed by atoms with Gasteiger partial charge in [0.1, 0.15) is 0 Å². The summed E-state index contributed by atoms with van der Waals surface area (Å²) in [6, 6.07) is 8.97. The van der Waals surface area contributed by atoms with E-state index in [-0.39, 0.29) is 11.8 Å². The number of nitrogens with zero attached hydrogens (tertiary/aromatic N) is 1. The zero-order valence-electron chi connectivity index (χ0n) is 13.6. The van der Waals surface area contributed by atoms with Gasteiger partial charge in [-0.1, -0.05) is 55.5 Å². The summed E-state index contributed by atoms with van der Waals surface area (Å²) >= 11 is 5.97. The predicted molar refractivity (Wildman–Crippen MR) is 97.0 cm³/mol. The van der Waals surface area contributed by atoms with Crippen LogP contribution in [0.2, 0.25) is 30.7 Å². The maximum atomic E-state index is 11.8. The summed E-state index contributed by atoms with van der Waals surface area (Å²) in [6.07, 6.45) is 4.10. The molecular weight excluding hydrogens is 310 g/mol. The van der Waals surface area contributed by atoms with E-state index in [1.54, 1.807) is 6.08 Å². The summed E-state index contributed by atoms with van der Waals surface area (Å²) < 4.78 is 0. The van der Waals surface area contributed by atoms with Crippen molar-refractivity contribution in [1.29, 1.82) is 0 Å². The van der Waals surface area contributed by atoms with Gasteiger partial charge in [0.25, 0.3) is 0 Å². The minimum Gasteiger partial charge on any atom is -0.366 e. The molecule has 0 radical (unpaired) electrons. The van der Waals surface area contributed by atoms with Crippen LogP contribution in [0, 0.1) is 0 Å². The van der Waals surface area contributed by atoms with Crippen molar-refractivity contribution >= 4 is 25.5 Å². The molecule has 1 heterocycles. The first-order chi connectivity index (χ1) is 10.2. The van der Waals surface area contributed by atoms with E-state index in [4.69, 9.17) is 11.6 Å². The molecule has 0 unspecified atom stereocenters. The van der Waals surface area contributed by atoms with Gasteiger partial charge in [-0.2, -0.15) is 0 Å². The molecule has 118 valence electrons. The van der Waals surface area contributed by atoms with Gasteiger partial charge < -0.3 is 4.90 Å². The van der Waals surface area contributed by atoms with E-state index in [9.17, 15) is 4.79 Å². The number of halogens is 1. The van der Waals surface area contributed by atoms with E-state index in [1.807, 2.05) is 30.5 Å². The number of carbonyl (C=O) groups is 1. The molecule has 0 aromatic heterocycles. The molecule has 1 aliphatic heterocycles. The second kappa shape index (κ2) is 6.84. The third kappa shape index (κ3) is 4.85. The third-order valence-corrected chi connectivity index (χ3v) is 5.50. The average molecular weight is 334 g/mol. The number of allylic oxidation sites excluding steroid dienone is 1. The maximum absolute atomic E-state index is 11.8. The van der Waals surface area contributed by atoms with Crippen molar-refractivity contribution in [2.45, 2.75) is 38.1 Å². The quantitative estimate of drug-likeness (QED) is 0.554. The van der Waals surface area contributed by atoms with Crippen LogP contribution in [0.5, 0.6) is 0 Å². The SMILES string of the molecule is C=C(CN1C=CC(=O)C[C@@H]1c1ccc(Cl)cc1)C[Si](C)(C)C. The molecule has 0 aliphatic carbocycles. The van der Waals surface area contributed by atoms with E-state index < -0.39 is 8.07 Å². The van der Waals surface area contributed by atoms with E-state index in [2.05, 4.69) is 31.1 Å². The second-order valence-electron chi connectivity index (χ2n) is 7.21. The average Bonchev–Trinajstić information content (AvgIpc) is 2.40. The molecule has 1 aromatic rings. The summed E-state index contributed by atoms with van der Waals surface area (Å²) in [5.41, 5.74) is 2.38. The Bertz CT molecular complexity index is 586. The van der Waals surface area contributed by atoms with Gasteiger partial charge in [-0.15, -0.1) is 0 Å². The maximum Gasteiger partial charge on any atom is 0.159 e. The molecule has 0 saturated heterocycles. The minimum absolute atomic E-state index is 0.0770. The number of hydrogen-bond donors (Lipinski definition) is 0. The number of hydrogen-bond acceptors (Lipinski definition) is 2. The van der Waals surface area contributed by atoms with Gasteiger partial charge in [0, 0.05) is 32.3 Å². The normalized spacial score (nSPS) is 18.6. The number of rotatable bonds is 5. The zero-order valence-corrected chi connectivity index (χ0v) is 15.4. The highest BCUT2D eigenvalue weighted by Gasteiger charge is 2.25. The van der Waals surface area contributed by atoms with Gasteiger partial charge in [-0.05, 0) is 29.8 Å². The Labute approximate surface area is 139 Å². The fraction of sp³-hybridized carbons (Fsp3) is 0.389. The highest BCUT2D eigenvalue weighted by atomic mass is 35.5. The summed E-state index contributed by atoms with van der Waals surface area (Å²) in [6.45, 7) is 12.1. The Morgan fingerprint density at radius 2 is 1.95 bits per heavy atom. The van der Waals surface area contributed by atoms with Gasteiger partial charge in [-0.3, -0.25) is 4.79 Å². The molecule has 4 heteroatoms.